The molecule has 33 heavy (non-hydrogen) atoms. The van der Waals surface area contributed by atoms with E-state index >= 15 is 0 Å². The molecule has 2 saturated carbocycles. The van der Waals surface area contributed by atoms with E-state index in [0.29, 0.717) is 23.0 Å². The molecule has 1 atom stereocenters. The minimum Gasteiger partial charge on any atom is -0.461 e. The van der Waals surface area contributed by atoms with E-state index in [0.717, 1.165) is 11.6 Å². The number of carbonyl (C=O) groups is 1. The molecule has 1 aromatic carbocycles. The Balaban J connectivity index is 0.000000568. The van der Waals surface area contributed by atoms with Crippen molar-refractivity contribution in [2.45, 2.75) is 19.6 Å². The third-order valence-electron chi connectivity index (χ3n) is 4.55. The molecule has 0 aliphatic heterocycles. The first-order chi connectivity index (χ1) is 15.6. The Morgan fingerprint density at radius 3 is 2.27 bits per heavy atom. The van der Waals surface area contributed by atoms with Crippen molar-refractivity contribution < 1.29 is 31.7 Å². The molecule has 10 radical (unpaired) electrons. The molecule has 4 rings (SSSR count). The van der Waals surface area contributed by atoms with Crippen molar-refractivity contribution in [1.82, 2.24) is 9.78 Å². The average molecular weight is 508 g/mol. The van der Waals surface area contributed by atoms with E-state index in [1.165, 1.54) is 4.68 Å². The second-order valence-electron chi connectivity index (χ2n) is 6.99. The summed E-state index contributed by atoms with van der Waals surface area (Å²) in [6.07, 6.45) is 16.9. The summed E-state index contributed by atoms with van der Waals surface area (Å²) in [4.78, 5) is 12.2. The van der Waals surface area contributed by atoms with E-state index in [9.17, 15) is 9.90 Å². The third kappa shape index (κ3) is 8.97. The quantitative estimate of drug-likeness (QED) is 0.418. The minimum absolute atomic E-state index is 0. The van der Waals surface area contributed by atoms with Crippen LogP contribution < -0.4 is 5.32 Å². The average Bonchev–Trinajstić information content (AvgIpc) is 3.57. The van der Waals surface area contributed by atoms with Crippen molar-refractivity contribution in [1.29, 1.82) is 0 Å². The molecule has 2 N–H and O–H groups in total. The molecule has 0 bridgehead atoms. The fourth-order valence-electron chi connectivity index (χ4n) is 3.00. The van der Waals surface area contributed by atoms with Gasteiger partial charge in [0.2, 0.25) is 0 Å². The Kier molecular flexibility index (Phi) is 12.3. The van der Waals surface area contributed by atoms with Crippen LogP contribution in [0.1, 0.15) is 23.1 Å². The Hall–Kier alpha value is -1.53. The normalized spacial score (nSPS) is 16.5. The zero-order chi connectivity index (χ0) is 22.8. The number of aromatic nitrogens is 2. The number of aliphatic hydroxyl groups excluding tert-OH is 1. The zero-order valence-corrected chi connectivity index (χ0v) is 20.0. The zero-order valence-electron chi connectivity index (χ0n) is 18.2. The van der Waals surface area contributed by atoms with Gasteiger partial charge in [-0.2, -0.15) is 5.10 Å². The van der Waals surface area contributed by atoms with E-state index in [-0.39, 0.29) is 30.2 Å². The van der Waals surface area contributed by atoms with Gasteiger partial charge in [0.15, 0.2) is 0 Å². The SMILES string of the molecule is CCOC(=O)c1cc([C]2[CH][CH][CH][CH]2)nn1C[C@@H](O)CNc1ccc(Cl)cc1.[CH]1[CH][CH][CH][CH]1.[Fe+2]. The second-order valence-corrected chi connectivity index (χ2v) is 7.43. The number of aliphatic hydroxyl groups is 1. The molecule has 1 aromatic heterocycles. The number of hydrogen-bond donors (Lipinski definition) is 2. The van der Waals surface area contributed by atoms with Crippen LogP contribution in [0.15, 0.2) is 30.3 Å². The largest absolute Gasteiger partial charge is 2.00 e. The Morgan fingerprint density at radius 2 is 1.70 bits per heavy atom. The summed E-state index contributed by atoms with van der Waals surface area (Å²) in [5.41, 5.74) is 1.83. The van der Waals surface area contributed by atoms with Crippen molar-refractivity contribution >= 4 is 23.3 Å². The molecule has 1 heterocycles. The second kappa shape index (κ2) is 14.7. The number of rotatable bonds is 8. The van der Waals surface area contributed by atoms with Gasteiger partial charge in [0.05, 0.1) is 24.9 Å². The van der Waals surface area contributed by atoms with E-state index in [4.69, 9.17) is 16.3 Å². The first-order valence-corrected chi connectivity index (χ1v) is 10.8. The van der Waals surface area contributed by atoms with Crippen molar-refractivity contribution in [3.05, 3.63) is 110 Å². The smallest absolute Gasteiger partial charge is 0.461 e. The number of nitrogens with one attached hydrogen (secondary N) is 1. The Bertz CT molecular complexity index is 826. The van der Waals surface area contributed by atoms with Crippen LogP contribution in [0.3, 0.4) is 0 Å². The predicted octanol–water partition coefficient (Wildman–Crippen LogP) is 3.96. The van der Waals surface area contributed by atoms with Crippen molar-refractivity contribution in [2.75, 3.05) is 18.5 Å². The van der Waals surface area contributed by atoms with Crippen LogP contribution >= 0.6 is 11.6 Å². The Labute approximate surface area is 212 Å². The number of carbonyl (C=O) groups excluding carboxylic acids is 1. The fraction of sp³-hybridized carbons (Fsp3) is 0.200. The van der Waals surface area contributed by atoms with Crippen LogP contribution in [-0.4, -0.2) is 40.1 Å². The summed E-state index contributed by atoms with van der Waals surface area (Å²) < 4.78 is 6.61. The van der Waals surface area contributed by atoms with Gasteiger partial charge in [-0.25, -0.2) is 4.79 Å². The molecule has 2 fully saturated rings. The molecule has 2 aliphatic rings. The van der Waals surface area contributed by atoms with Gasteiger partial charge in [0, 0.05) is 23.2 Å². The molecule has 0 unspecified atom stereocenters. The van der Waals surface area contributed by atoms with Crippen LogP contribution in [0.5, 0.6) is 0 Å². The molecule has 2 aromatic rings. The van der Waals surface area contributed by atoms with Crippen molar-refractivity contribution in [3.63, 3.8) is 0 Å². The molecular weight excluding hydrogens is 482 g/mol. The number of halogens is 1. The number of anilines is 1. The summed E-state index contributed by atoms with van der Waals surface area (Å²) in [6, 6.07) is 8.90. The fourth-order valence-corrected chi connectivity index (χ4v) is 3.13. The summed E-state index contributed by atoms with van der Waals surface area (Å²) in [5, 5.41) is 18.7. The molecule has 0 saturated heterocycles. The molecule has 2 aliphatic carbocycles. The van der Waals surface area contributed by atoms with Gasteiger partial charge in [-0.3, -0.25) is 4.68 Å². The van der Waals surface area contributed by atoms with Gasteiger partial charge >= 0.3 is 23.0 Å². The molecular formula is C25H26ClFeN3O3+2. The van der Waals surface area contributed by atoms with E-state index < -0.39 is 12.1 Å². The number of benzene rings is 1. The summed E-state index contributed by atoms with van der Waals surface area (Å²) in [7, 11) is 0. The maximum atomic E-state index is 12.2. The molecule has 6 nitrogen and oxygen atoms in total. The number of nitrogens with zero attached hydrogens (tertiary/aromatic N) is 2. The maximum Gasteiger partial charge on any atom is 2.00 e. The Morgan fingerprint density at radius 1 is 1.09 bits per heavy atom. The van der Waals surface area contributed by atoms with Crippen LogP contribution in [0.2, 0.25) is 5.02 Å². The first-order valence-electron chi connectivity index (χ1n) is 10.4. The number of ether oxygens (including phenoxy) is 1. The van der Waals surface area contributed by atoms with Crippen LogP contribution in [-0.2, 0) is 28.4 Å². The van der Waals surface area contributed by atoms with E-state index in [2.05, 4.69) is 10.4 Å². The summed E-state index contributed by atoms with van der Waals surface area (Å²) in [5.74, 6) is 0.453. The standard InChI is InChI=1S/C20H21ClN3O3.C5H5.Fe/c1-2-27-20(26)19-11-18(14-5-3-4-6-14)23-24(19)13-17(25)12-22-16-9-7-15(21)8-10-16;1-2-4-5-3-1;/h3-11,17,22,25H,2,12-13H2,1H3;1-5H;/q;;+2/t17-;;/m0../s1. The van der Waals surface area contributed by atoms with Gasteiger partial charge < -0.3 is 15.2 Å². The number of hydrogen-bond acceptors (Lipinski definition) is 5. The van der Waals surface area contributed by atoms with Crippen LogP contribution in [0.4, 0.5) is 5.69 Å². The van der Waals surface area contributed by atoms with E-state index in [1.54, 1.807) is 25.1 Å². The van der Waals surface area contributed by atoms with Gasteiger partial charge in [0.25, 0.3) is 0 Å². The molecule has 0 spiro atoms. The van der Waals surface area contributed by atoms with Gasteiger partial charge in [-0.05, 0) is 95.0 Å². The first kappa shape index (κ1) is 27.7. The van der Waals surface area contributed by atoms with Crippen molar-refractivity contribution in [2.24, 2.45) is 0 Å². The van der Waals surface area contributed by atoms with Gasteiger partial charge in [0.1, 0.15) is 5.69 Å². The van der Waals surface area contributed by atoms with Gasteiger partial charge in [-0.15, -0.1) is 0 Å². The summed E-state index contributed by atoms with van der Waals surface area (Å²) >= 11 is 5.87. The van der Waals surface area contributed by atoms with Gasteiger partial charge in [-0.1, -0.05) is 11.6 Å². The topological polar surface area (TPSA) is 76.4 Å². The number of esters is 1. The van der Waals surface area contributed by atoms with Crippen LogP contribution in [0, 0.1) is 63.7 Å². The third-order valence-corrected chi connectivity index (χ3v) is 4.80. The molecule has 172 valence electrons. The maximum absolute atomic E-state index is 12.2. The minimum atomic E-state index is -0.749. The molecule has 0 amide bonds. The summed E-state index contributed by atoms with van der Waals surface area (Å²) in [6.45, 7) is 2.49. The monoisotopic (exact) mass is 507 g/mol. The van der Waals surface area contributed by atoms with Crippen LogP contribution in [0.25, 0.3) is 0 Å². The molecule has 8 heteroatoms. The van der Waals surface area contributed by atoms with E-state index in [1.807, 2.05) is 69.9 Å². The van der Waals surface area contributed by atoms with Crippen molar-refractivity contribution in [3.8, 4) is 0 Å². The predicted molar refractivity (Wildman–Crippen MR) is 125 cm³/mol.